The second kappa shape index (κ2) is 6.23. The molecule has 2 aromatic carbocycles. The first-order valence-electron chi connectivity index (χ1n) is 10.8. The Labute approximate surface area is 179 Å². The molecule has 158 valence electrons. The molecule has 6 rings (SSSR count). The summed E-state index contributed by atoms with van der Waals surface area (Å²) in [6, 6.07) is 13.2. The summed E-state index contributed by atoms with van der Waals surface area (Å²) in [6.45, 7) is 3.05. The molecule has 4 atom stereocenters. The van der Waals surface area contributed by atoms with E-state index in [0.29, 0.717) is 13.1 Å². The summed E-state index contributed by atoms with van der Waals surface area (Å²) in [5.74, 6) is -3.13. The molecular weight excluding hydrogens is 397 g/mol. The van der Waals surface area contributed by atoms with E-state index in [1.807, 2.05) is 31.2 Å². The fourth-order valence-electron chi connectivity index (χ4n) is 6.52. The van der Waals surface area contributed by atoms with Crippen LogP contribution in [0.1, 0.15) is 25.3 Å². The lowest BCUT2D eigenvalue weighted by atomic mass is 9.75. The highest BCUT2D eigenvalue weighted by molar-refractivity contribution is 6.26. The van der Waals surface area contributed by atoms with Gasteiger partial charge in [0, 0.05) is 23.8 Å². The Morgan fingerprint density at radius 1 is 1.00 bits per heavy atom. The summed E-state index contributed by atoms with van der Waals surface area (Å²) < 4.78 is 14.6. The molecule has 0 aromatic heterocycles. The molecule has 1 spiro atoms. The Bertz CT molecular complexity index is 1150. The van der Waals surface area contributed by atoms with Crippen LogP contribution in [0, 0.1) is 17.7 Å². The summed E-state index contributed by atoms with van der Waals surface area (Å²) >= 11 is 0. The quantitative estimate of drug-likeness (QED) is 0.703. The maximum Gasteiger partial charge on any atom is 0.253 e. The number of rotatable bonds is 2. The van der Waals surface area contributed by atoms with Crippen molar-refractivity contribution in [2.24, 2.45) is 11.8 Å². The number of benzene rings is 2. The van der Waals surface area contributed by atoms with Crippen molar-refractivity contribution in [2.45, 2.75) is 31.3 Å². The van der Waals surface area contributed by atoms with E-state index in [0.717, 1.165) is 29.0 Å². The van der Waals surface area contributed by atoms with Gasteiger partial charge in [-0.25, -0.2) is 9.29 Å². The number of imide groups is 1. The third-order valence-electron chi connectivity index (χ3n) is 7.55. The number of hydrogen-bond donors (Lipinski definition) is 0. The summed E-state index contributed by atoms with van der Waals surface area (Å²) in [5.41, 5.74) is 0.354. The molecule has 6 nitrogen and oxygen atoms in total. The van der Waals surface area contributed by atoms with Crippen molar-refractivity contribution < 1.29 is 18.8 Å². The number of hydrogen-bond acceptors (Lipinski definition) is 4. The first-order valence-corrected chi connectivity index (χ1v) is 10.8. The number of carbonyl (C=O) groups excluding carboxylic acids is 3. The van der Waals surface area contributed by atoms with E-state index in [4.69, 9.17) is 0 Å². The van der Waals surface area contributed by atoms with E-state index in [9.17, 15) is 18.8 Å². The lowest BCUT2D eigenvalue weighted by molar-refractivity contribution is -0.137. The van der Waals surface area contributed by atoms with Gasteiger partial charge in [-0.15, -0.1) is 0 Å². The van der Waals surface area contributed by atoms with Gasteiger partial charge in [-0.05, 0) is 44.5 Å². The molecule has 0 bridgehead atoms. The second-order valence-corrected chi connectivity index (χ2v) is 8.70. The lowest BCUT2D eigenvalue weighted by Crippen LogP contribution is -2.56. The van der Waals surface area contributed by atoms with Gasteiger partial charge in [0.25, 0.3) is 5.91 Å². The van der Waals surface area contributed by atoms with Gasteiger partial charge in [-0.1, -0.05) is 30.3 Å². The molecule has 3 saturated heterocycles. The van der Waals surface area contributed by atoms with E-state index in [-0.39, 0.29) is 17.6 Å². The normalized spacial score (nSPS) is 31.7. The molecular formula is C24H22FN3O3. The predicted molar refractivity (Wildman–Crippen MR) is 112 cm³/mol. The van der Waals surface area contributed by atoms with E-state index >= 15 is 0 Å². The average molecular weight is 419 g/mol. The van der Waals surface area contributed by atoms with Gasteiger partial charge in [0.2, 0.25) is 11.8 Å². The number of fused-ring (bicyclic) bond motifs is 7. The van der Waals surface area contributed by atoms with Crippen LogP contribution in [0.15, 0.2) is 48.5 Å². The Morgan fingerprint density at radius 2 is 1.71 bits per heavy atom. The van der Waals surface area contributed by atoms with Crippen molar-refractivity contribution in [1.29, 1.82) is 0 Å². The van der Waals surface area contributed by atoms with E-state index in [1.165, 1.54) is 18.2 Å². The molecule has 3 fully saturated rings. The van der Waals surface area contributed by atoms with Gasteiger partial charge in [-0.2, -0.15) is 0 Å². The fourth-order valence-corrected chi connectivity index (χ4v) is 6.52. The van der Waals surface area contributed by atoms with Gasteiger partial charge in [0.05, 0.1) is 17.5 Å². The monoisotopic (exact) mass is 419 g/mol. The van der Waals surface area contributed by atoms with Crippen LogP contribution in [0.2, 0.25) is 0 Å². The van der Waals surface area contributed by atoms with E-state index in [1.54, 1.807) is 11.0 Å². The minimum Gasteiger partial charge on any atom is -0.310 e. The fraction of sp³-hybridized carbons (Fsp3) is 0.375. The lowest BCUT2D eigenvalue weighted by Gasteiger charge is -2.37. The van der Waals surface area contributed by atoms with Crippen molar-refractivity contribution in [1.82, 2.24) is 4.90 Å². The molecule has 0 saturated carbocycles. The Balaban J connectivity index is 1.59. The molecule has 0 radical (unpaired) electrons. The van der Waals surface area contributed by atoms with Crippen LogP contribution in [0.4, 0.5) is 15.8 Å². The molecule has 4 aliphatic heterocycles. The first kappa shape index (κ1) is 18.7. The number of likely N-dealkylation sites (N-methyl/N-ethyl adjacent to an activating group) is 1. The summed E-state index contributed by atoms with van der Waals surface area (Å²) in [6.07, 6.45) is 1.60. The van der Waals surface area contributed by atoms with E-state index in [2.05, 4.69) is 4.90 Å². The molecule has 7 heteroatoms. The zero-order chi connectivity index (χ0) is 21.5. The minimum absolute atomic E-state index is 0.0299. The van der Waals surface area contributed by atoms with Crippen LogP contribution < -0.4 is 9.80 Å². The van der Waals surface area contributed by atoms with Crippen molar-refractivity contribution in [3.63, 3.8) is 0 Å². The van der Waals surface area contributed by atoms with Gasteiger partial charge < -0.3 is 4.90 Å². The van der Waals surface area contributed by atoms with Gasteiger partial charge in [0.15, 0.2) is 0 Å². The smallest absolute Gasteiger partial charge is 0.253 e. The number of amides is 3. The molecule has 3 amide bonds. The summed E-state index contributed by atoms with van der Waals surface area (Å²) in [5, 5.41) is 0. The maximum atomic E-state index is 14.6. The van der Waals surface area contributed by atoms with Gasteiger partial charge in [-0.3, -0.25) is 19.3 Å². The highest BCUT2D eigenvalue weighted by Gasteiger charge is 2.75. The maximum absolute atomic E-state index is 14.6. The molecule has 4 aliphatic rings. The van der Waals surface area contributed by atoms with Crippen LogP contribution in [-0.2, 0) is 19.9 Å². The third kappa shape index (κ3) is 2.03. The Kier molecular flexibility index (Phi) is 3.76. The minimum atomic E-state index is -1.20. The molecule has 0 N–H and O–H groups in total. The van der Waals surface area contributed by atoms with Crippen molar-refractivity contribution >= 4 is 29.1 Å². The standard InChI is InChI=1S/C24H22FN3O3/c1-2-26-16-10-5-3-8-14(16)24(23(26)31)20-19(18-12-7-13-27(18)24)21(29)28(22(20)30)17-11-6-4-9-15(17)25/h3-6,8-11,18-20H,2,7,12-13H2,1H3. The third-order valence-corrected chi connectivity index (χ3v) is 7.55. The first-order chi connectivity index (χ1) is 15.0. The topological polar surface area (TPSA) is 60.9 Å². The van der Waals surface area contributed by atoms with Crippen molar-refractivity contribution in [2.75, 3.05) is 22.9 Å². The molecule has 31 heavy (non-hydrogen) atoms. The summed E-state index contributed by atoms with van der Waals surface area (Å²) in [4.78, 5) is 46.2. The van der Waals surface area contributed by atoms with E-state index < -0.39 is 35.0 Å². The van der Waals surface area contributed by atoms with Crippen molar-refractivity contribution in [3.05, 3.63) is 59.9 Å². The number of carbonyl (C=O) groups is 3. The predicted octanol–water partition coefficient (Wildman–Crippen LogP) is 2.67. The zero-order valence-electron chi connectivity index (χ0n) is 17.1. The highest BCUT2D eigenvalue weighted by atomic mass is 19.1. The molecule has 0 aliphatic carbocycles. The van der Waals surface area contributed by atoms with Crippen LogP contribution in [-0.4, -0.2) is 41.8 Å². The van der Waals surface area contributed by atoms with Gasteiger partial charge >= 0.3 is 0 Å². The number of para-hydroxylation sites is 2. The molecule has 4 unspecified atom stereocenters. The van der Waals surface area contributed by atoms with Crippen LogP contribution in [0.25, 0.3) is 0 Å². The highest BCUT2D eigenvalue weighted by Crippen LogP contribution is 2.61. The average Bonchev–Trinajstić information content (AvgIpc) is 3.47. The molecule has 4 heterocycles. The Morgan fingerprint density at radius 3 is 2.45 bits per heavy atom. The number of halogens is 1. The second-order valence-electron chi connectivity index (χ2n) is 8.70. The summed E-state index contributed by atoms with van der Waals surface area (Å²) in [7, 11) is 0. The van der Waals surface area contributed by atoms with Crippen molar-refractivity contribution in [3.8, 4) is 0 Å². The SMILES string of the molecule is CCN1C(=O)C2(c3ccccc31)C1C(=O)N(c3ccccc3F)C(=O)C1C1CCCN12. The number of nitrogens with zero attached hydrogens (tertiary/aromatic N) is 3. The van der Waals surface area contributed by atoms with Crippen LogP contribution >= 0.6 is 0 Å². The van der Waals surface area contributed by atoms with Crippen LogP contribution in [0.5, 0.6) is 0 Å². The zero-order valence-corrected chi connectivity index (χ0v) is 17.1. The van der Waals surface area contributed by atoms with Crippen LogP contribution in [0.3, 0.4) is 0 Å². The largest absolute Gasteiger partial charge is 0.310 e. The Hall–Kier alpha value is -3.06. The van der Waals surface area contributed by atoms with Gasteiger partial charge in [0.1, 0.15) is 11.4 Å². The molecule has 2 aromatic rings. The number of anilines is 2.